The Kier molecular flexibility index (Phi) is 8.00. The van der Waals surface area contributed by atoms with Gasteiger partial charge in [-0.2, -0.15) is 8.42 Å². The second-order valence-corrected chi connectivity index (χ2v) is 6.38. The van der Waals surface area contributed by atoms with Gasteiger partial charge >= 0.3 is 10.4 Å². The third-order valence-electron chi connectivity index (χ3n) is 2.89. The number of hydrogen-bond donors (Lipinski definition) is 1. The van der Waals surface area contributed by atoms with E-state index in [0.717, 1.165) is 12.8 Å². The third-order valence-corrected chi connectivity index (χ3v) is 3.33. The van der Waals surface area contributed by atoms with Crippen LogP contribution in [0.2, 0.25) is 0 Å². The fraction of sp³-hybridized carbons (Fsp3) is 1.00. The van der Waals surface area contributed by atoms with Crippen molar-refractivity contribution in [2.45, 2.75) is 53.4 Å². The van der Waals surface area contributed by atoms with E-state index in [0.29, 0.717) is 11.8 Å². The molecule has 104 valence electrons. The van der Waals surface area contributed by atoms with Crippen LogP contribution < -0.4 is 0 Å². The van der Waals surface area contributed by atoms with E-state index in [1.54, 1.807) is 0 Å². The Labute approximate surface area is 106 Å². The van der Waals surface area contributed by atoms with Crippen LogP contribution in [0.5, 0.6) is 0 Å². The maximum Gasteiger partial charge on any atom is 0.397 e. The largest absolute Gasteiger partial charge is 0.397 e. The Morgan fingerprint density at radius 1 is 1.06 bits per heavy atom. The van der Waals surface area contributed by atoms with Crippen LogP contribution in [0.4, 0.5) is 0 Å². The predicted octanol–water partition coefficient (Wildman–Crippen LogP) is 3.29. The second kappa shape index (κ2) is 8.06. The van der Waals surface area contributed by atoms with Crippen LogP contribution in [0.1, 0.15) is 53.4 Å². The monoisotopic (exact) mass is 266 g/mol. The Bertz CT molecular complexity index is 287. The minimum atomic E-state index is -4.29. The molecule has 5 heteroatoms. The molecule has 0 aromatic heterocycles. The lowest BCUT2D eigenvalue weighted by Crippen LogP contribution is -2.15. The van der Waals surface area contributed by atoms with Crippen LogP contribution in [0.15, 0.2) is 0 Å². The Hall–Kier alpha value is -0.130. The van der Waals surface area contributed by atoms with Crippen molar-refractivity contribution < 1.29 is 17.2 Å². The third kappa shape index (κ3) is 10.7. The van der Waals surface area contributed by atoms with Crippen molar-refractivity contribution in [3.63, 3.8) is 0 Å². The highest BCUT2D eigenvalue weighted by Gasteiger charge is 2.14. The lowest BCUT2D eigenvalue weighted by atomic mass is 9.88. The van der Waals surface area contributed by atoms with E-state index >= 15 is 0 Å². The minimum Gasteiger partial charge on any atom is -0.264 e. The van der Waals surface area contributed by atoms with Gasteiger partial charge in [-0.1, -0.05) is 40.5 Å². The molecule has 0 aromatic rings. The fourth-order valence-electron chi connectivity index (χ4n) is 2.35. The molecule has 0 saturated carbocycles. The van der Waals surface area contributed by atoms with E-state index < -0.39 is 10.4 Å². The van der Waals surface area contributed by atoms with Gasteiger partial charge in [0.1, 0.15) is 0 Å². The summed E-state index contributed by atoms with van der Waals surface area (Å²) in [5.74, 6) is 1.40. The summed E-state index contributed by atoms with van der Waals surface area (Å²) in [5.41, 5.74) is 0. The van der Waals surface area contributed by atoms with E-state index in [1.807, 2.05) is 6.92 Å². The molecule has 0 aliphatic rings. The van der Waals surface area contributed by atoms with Crippen LogP contribution >= 0.6 is 0 Å². The molecule has 0 aliphatic carbocycles. The first kappa shape index (κ1) is 16.9. The van der Waals surface area contributed by atoms with Crippen LogP contribution in [0.3, 0.4) is 0 Å². The lowest BCUT2D eigenvalue weighted by molar-refractivity contribution is 0.206. The summed E-state index contributed by atoms with van der Waals surface area (Å²) in [6.07, 6.45) is 4.52. The van der Waals surface area contributed by atoms with E-state index in [9.17, 15) is 8.42 Å². The predicted molar refractivity (Wildman–Crippen MR) is 69.1 cm³/mol. The Morgan fingerprint density at radius 2 is 1.59 bits per heavy atom. The number of rotatable bonds is 9. The Balaban J connectivity index is 3.83. The van der Waals surface area contributed by atoms with Crippen molar-refractivity contribution in [2.24, 2.45) is 17.8 Å². The molecule has 0 bridgehead atoms. The highest BCUT2D eigenvalue weighted by molar-refractivity contribution is 7.80. The zero-order valence-electron chi connectivity index (χ0n) is 11.3. The van der Waals surface area contributed by atoms with E-state index in [2.05, 4.69) is 25.0 Å². The van der Waals surface area contributed by atoms with Gasteiger partial charge in [0.2, 0.25) is 0 Å². The van der Waals surface area contributed by atoms with Crippen molar-refractivity contribution >= 4 is 10.4 Å². The van der Waals surface area contributed by atoms with Crippen molar-refractivity contribution in [1.82, 2.24) is 0 Å². The molecule has 0 saturated heterocycles. The van der Waals surface area contributed by atoms with Gasteiger partial charge in [0, 0.05) is 0 Å². The first-order valence-corrected chi connectivity index (χ1v) is 7.73. The molecule has 0 spiro atoms. The standard InChI is InChI=1S/C12H26O4S/c1-5-6-10(2)7-11(3)8-12(4)9-16-17(13,14)15/h10-12H,5-9H2,1-4H3,(H,13,14,15). The van der Waals surface area contributed by atoms with Crippen molar-refractivity contribution in [3.05, 3.63) is 0 Å². The van der Waals surface area contributed by atoms with Gasteiger partial charge in [0.25, 0.3) is 0 Å². The van der Waals surface area contributed by atoms with Crippen LogP contribution in [0.25, 0.3) is 0 Å². The second-order valence-electron chi connectivity index (χ2n) is 5.29. The molecule has 3 unspecified atom stereocenters. The van der Waals surface area contributed by atoms with Gasteiger partial charge in [-0.15, -0.1) is 0 Å². The molecule has 0 fully saturated rings. The van der Waals surface area contributed by atoms with E-state index in [4.69, 9.17) is 4.55 Å². The maximum absolute atomic E-state index is 10.4. The molecule has 17 heavy (non-hydrogen) atoms. The normalized spacial score (nSPS) is 17.7. The van der Waals surface area contributed by atoms with E-state index in [1.165, 1.54) is 12.8 Å². The fourth-order valence-corrected chi connectivity index (χ4v) is 2.76. The summed E-state index contributed by atoms with van der Waals surface area (Å²) in [6.45, 7) is 8.61. The quantitative estimate of drug-likeness (QED) is 0.650. The van der Waals surface area contributed by atoms with Crippen molar-refractivity contribution in [2.75, 3.05) is 6.61 Å². The SMILES string of the molecule is CCCC(C)CC(C)CC(C)COS(=O)(=O)O. The van der Waals surface area contributed by atoms with E-state index in [-0.39, 0.29) is 12.5 Å². The summed E-state index contributed by atoms with van der Waals surface area (Å²) >= 11 is 0. The minimum absolute atomic E-state index is 0.0608. The van der Waals surface area contributed by atoms with Gasteiger partial charge in [0.15, 0.2) is 0 Å². The van der Waals surface area contributed by atoms with Gasteiger partial charge < -0.3 is 0 Å². The first-order valence-electron chi connectivity index (χ1n) is 6.36. The maximum atomic E-state index is 10.4. The van der Waals surface area contributed by atoms with Gasteiger partial charge in [0.05, 0.1) is 6.61 Å². The van der Waals surface area contributed by atoms with Crippen molar-refractivity contribution in [3.8, 4) is 0 Å². The summed E-state index contributed by atoms with van der Waals surface area (Å²) in [5, 5.41) is 0. The lowest BCUT2D eigenvalue weighted by Gasteiger charge is -2.19. The van der Waals surface area contributed by atoms with Gasteiger partial charge in [-0.3, -0.25) is 4.55 Å². The summed E-state index contributed by atoms with van der Waals surface area (Å²) in [6, 6.07) is 0. The zero-order chi connectivity index (χ0) is 13.5. The Morgan fingerprint density at radius 3 is 2.06 bits per heavy atom. The summed E-state index contributed by atoms with van der Waals surface area (Å²) in [4.78, 5) is 0. The molecule has 0 amide bonds. The molecule has 4 nitrogen and oxygen atoms in total. The zero-order valence-corrected chi connectivity index (χ0v) is 12.2. The molecule has 0 aromatic carbocycles. The molecular weight excluding hydrogens is 240 g/mol. The molecule has 3 atom stereocenters. The molecule has 0 aliphatic heterocycles. The van der Waals surface area contributed by atoms with Crippen LogP contribution in [0, 0.1) is 17.8 Å². The highest BCUT2D eigenvalue weighted by Crippen LogP contribution is 2.22. The van der Waals surface area contributed by atoms with Crippen LogP contribution in [-0.4, -0.2) is 19.6 Å². The molecule has 0 rings (SSSR count). The molecule has 0 radical (unpaired) electrons. The average Bonchev–Trinajstić information content (AvgIpc) is 2.13. The highest BCUT2D eigenvalue weighted by atomic mass is 32.3. The van der Waals surface area contributed by atoms with Gasteiger partial charge in [-0.05, 0) is 30.6 Å². The van der Waals surface area contributed by atoms with Crippen LogP contribution in [-0.2, 0) is 14.6 Å². The topological polar surface area (TPSA) is 63.6 Å². The number of hydrogen-bond acceptors (Lipinski definition) is 3. The first-order chi connectivity index (χ1) is 7.74. The molecular formula is C12H26O4S. The average molecular weight is 266 g/mol. The summed E-state index contributed by atoms with van der Waals surface area (Å²) < 4.78 is 33.7. The summed E-state index contributed by atoms with van der Waals surface area (Å²) in [7, 11) is -4.29. The van der Waals surface area contributed by atoms with Gasteiger partial charge in [-0.25, -0.2) is 4.18 Å². The molecule has 0 heterocycles. The molecule has 1 N–H and O–H groups in total. The smallest absolute Gasteiger partial charge is 0.264 e. The van der Waals surface area contributed by atoms with Crippen molar-refractivity contribution in [1.29, 1.82) is 0 Å².